The Bertz CT molecular complexity index is 1480. The number of anilines is 2. The van der Waals surface area contributed by atoms with Crippen molar-refractivity contribution in [1.82, 2.24) is 19.1 Å². The second-order valence-electron chi connectivity index (χ2n) is 8.88. The third-order valence-corrected chi connectivity index (χ3v) is 5.94. The lowest BCUT2D eigenvalue weighted by Crippen LogP contribution is -2.42. The van der Waals surface area contributed by atoms with Gasteiger partial charge >= 0.3 is 11.4 Å². The first-order valence-electron chi connectivity index (χ1n) is 11.8. The largest absolute Gasteiger partial charge is 0.383 e. The van der Waals surface area contributed by atoms with Crippen LogP contribution in [0.5, 0.6) is 0 Å². The normalized spacial score (nSPS) is 11.3. The number of nitrogens with two attached hydrogens (primary N) is 1. The number of hydrogen-bond acceptors (Lipinski definition) is 6. The highest BCUT2D eigenvalue weighted by Gasteiger charge is 2.26. The Morgan fingerprint density at radius 1 is 1.06 bits per heavy atom. The molecular formula is C24H32N6O5. The summed E-state index contributed by atoms with van der Waals surface area (Å²) in [4.78, 5) is 69.9. The molecule has 0 bridgehead atoms. The number of aromatic amines is 2. The van der Waals surface area contributed by atoms with Gasteiger partial charge in [0.25, 0.3) is 17.0 Å². The van der Waals surface area contributed by atoms with Gasteiger partial charge in [-0.3, -0.25) is 28.5 Å². The zero-order valence-electron chi connectivity index (χ0n) is 20.5. The van der Waals surface area contributed by atoms with Crippen LogP contribution in [0.25, 0.3) is 10.9 Å². The molecule has 0 fully saturated rings. The van der Waals surface area contributed by atoms with Crippen molar-refractivity contribution < 1.29 is 4.79 Å². The highest BCUT2D eigenvalue weighted by Crippen LogP contribution is 2.22. The molecule has 0 atom stereocenters. The molecule has 11 nitrogen and oxygen atoms in total. The van der Waals surface area contributed by atoms with Crippen molar-refractivity contribution in [2.45, 2.75) is 60.0 Å². The molecule has 0 aliphatic rings. The van der Waals surface area contributed by atoms with E-state index >= 15 is 0 Å². The fourth-order valence-electron chi connectivity index (χ4n) is 3.91. The maximum Gasteiger partial charge on any atom is 0.330 e. The molecule has 188 valence electrons. The molecule has 0 aliphatic carbocycles. The minimum atomic E-state index is -0.752. The molecule has 3 rings (SSSR count). The molecule has 4 N–H and O–H groups in total. The van der Waals surface area contributed by atoms with E-state index in [-0.39, 0.29) is 47.0 Å². The minimum Gasteiger partial charge on any atom is -0.383 e. The monoisotopic (exact) mass is 484 g/mol. The quantitative estimate of drug-likeness (QED) is 0.419. The van der Waals surface area contributed by atoms with E-state index in [4.69, 9.17) is 5.73 Å². The van der Waals surface area contributed by atoms with E-state index in [0.717, 1.165) is 11.0 Å². The molecule has 35 heavy (non-hydrogen) atoms. The smallest absolute Gasteiger partial charge is 0.330 e. The number of aromatic nitrogens is 4. The Morgan fingerprint density at radius 2 is 1.74 bits per heavy atom. The number of unbranched alkanes of at least 4 members (excludes halogenated alkanes) is 1. The zero-order valence-corrected chi connectivity index (χ0v) is 20.5. The van der Waals surface area contributed by atoms with Gasteiger partial charge in [0.15, 0.2) is 5.69 Å². The lowest BCUT2D eigenvalue weighted by Gasteiger charge is -2.25. The zero-order chi connectivity index (χ0) is 25.9. The molecule has 1 amide bonds. The molecule has 0 saturated carbocycles. The Balaban J connectivity index is 2.17. The molecule has 0 unspecified atom stereocenters. The number of amides is 1. The van der Waals surface area contributed by atoms with Gasteiger partial charge in [-0.05, 0) is 43.9 Å². The number of nitrogens with one attached hydrogen (secondary N) is 2. The van der Waals surface area contributed by atoms with Crippen molar-refractivity contribution in [3.63, 3.8) is 0 Å². The van der Waals surface area contributed by atoms with Crippen molar-refractivity contribution in [3.05, 3.63) is 65.4 Å². The topological polar surface area (TPSA) is 156 Å². The van der Waals surface area contributed by atoms with Crippen molar-refractivity contribution in [2.75, 3.05) is 17.2 Å². The van der Waals surface area contributed by atoms with Gasteiger partial charge in [0.05, 0.1) is 10.9 Å². The third-order valence-electron chi connectivity index (χ3n) is 5.94. The number of benzene rings is 1. The van der Waals surface area contributed by atoms with Gasteiger partial charge in [0, 0.05) is 25.2 Å². The summed E-state index contributed by atoms with van der Waals surface area (Å²) in [6.07, 6.45) is 2.05. The lowest BCUT2D eigenvalue weighted by atomic mass is 10.1. The van der Waals surface area contributed by atoms with Gasteiger partial charge in [-0.15, -0.1) is 0 Å². The second-order valence-corrected chi connectivity index (χ2v) is 8.88. The Labute approximate surface area is 201 Å². The second kappa shape index (κ2) is 10.6. The Morgan fingerprint density at radius 3 is 2.37 bits per heavy atom. The van der Waals surface area contributed by atoms with Crippen LogP contribution in [0.2, 0.25) is 0 Å². The van der Waals surface area contributed by atoms with Crippen LogP contribution < -0.4 is 33.1 Å². The number of carbonyl (C=O) groups excluding carboxylic acids is 1. The average Bonchev–Trinajstić information content (AvgIpc) is 2.80. The number of hydrogen-bond donors (Lipinski definition) is 3. The molecule has 0 saturated heterocycles. The van der Waals surface area contributed by atoms with E-state index in [1.807, 2.05) is 20.8 Å². The van der Waals surface area contributed by atoms with Crippen LogP contribution in [-0.4, -0.2) is 31.6 Å². The van der Waals surface area contributed by atoms with Crippen molar-refractivity contribution >= 4 is 28.3 Å². The third kappa shape index (κ3) is 5.13. The predicted octanol–water partition coefficient (Wildman–Crippen LogP) is 1.63. The summed E-state index contributed by atoms with van der Waals surface area (Å²) in [5.41, 5.74) is 4.14. The van der Waals surface area contributed by atoms with Gasteiger partial charge in [-0.25, -0.2) is 9.59 Å². The first-order chi connectivity index (χ1) is 16.6. The van der Waals surface area contributed by atoms with E-state index in [9.17, 15) is 24.0 Å². The molecular weight excluding hydrogens is 452 g/mol. The molecule has 1 aromatic carbocycles. The molecule has 11 heteroatoms. The maximum absolute atomic E-state index is 13.7. The number of rotatable bonds is 9. The van der Waals surface area contributed by atoms with Crippen molar-refractivity contribution in [2.24, 2.45) is 5.92 Å². The molecule has 3 aromatic rings. The number of nitrogen functional groups attached to an aromatic ring is 1. The van der Waals surface area contributed by atoms with E-state index in [0.29, 0.717) is 19.4 Å². The minimum absolute atomic E-state index is 0.0793. The molecule has 0 spiro atoms. The Hall–Kier alpha value is -3.89. The van der Waals surface area contributed by atoms with Gasteiger partial charge in [-0.2, -0.15) is 0 Å². The van der Waals surface area contributed by atoms with Crippen molar-refractivity contribution in [1.29, 1.82) is 0 Å². The first kappa shape index (κ1) is 25.7. The summed E-state index contributed by atoms with van der Waals surface area (Å²) < 4.78 is 2.33. The van der Waals surface area contributed by atoms with Crippen LogP contribution in [0.1, 0.15) is 57.3 Å². The maximum atomic E-state index is 13.7. The standard InChI is InChI=1S/C24H32N6O5/c1-5-7-11-30-19(25)18(20(31)27-24(30)35)29(12-10-14(3)4)21(32)15-8-9-16-17(13-15)26-23(34)28(6-2)22(16)33/h8-9,13-14H,5-7,10-12,25H2,1-4H3,(H,26,34)(H,27,31,35). The van der Waals surface area contributed by atoms with Crippen LogP contribution in [-0.2, 0) is 13.1 Å². The number of carbonyl (C=O) groups is 1. The van der Waals surface area contributed by atoms with Crippen LogP contribution in [0, 0.1) is 5.92 Å². The first-order valence-corrected chi connectivity index (χ1v) is 11.8. The van der Waals surface area contributed by atoms with Gasteiger partial charge in [0.2, 0.25) is 0 Å². The number of H-pyrrole nitrogens is 2. The van der Waals surface area contributed by atoms with Gasteiger partial charge < -0.3 is 15.6 Å². The fraction of sp³-hybridized carbons (Fsp3) is 0.458. The lowest BCUT2D eigenvalue weighted by molar-refractivity contribution is 0.0985. The predicted molar refractivity (Wildman–Crippen MR) is 136 cm³/mol. The summed E-state index contributed by atoms with van der Waals surface area (Å²) in [6, 6.07) is 4.37. The summed E-state index contributed by atoms with van der Waals surface area (Å²) in [5.74, 6) is -0.396. The summed E-state index contributed by atoms with van der Waals surface area (Å²) >= 11 is 0. The van der Waals surface area contributed by atoms with Crippen LogP contribution in [0.15, 0.2) is 37.4 Å². The summed E-state index contributed by atoms with van der Waals surface area (Å²) in [7, 11) is 0. The van der Waals surface area contributed by atoms with Gasteiger partial charge in [0.1, 0.15) is 5.82 Å². The van der Waals surface area contributed by atoms with E-state index in [1.165, 1.54) is 27.7 Å². The van der Waals surface area contributed by atoms with Gasteiger partial charge in [-0.1, -0.05) is 27.2 Å². The fourth-order valence-corrected chi connectivity index (χ4v) is 3.91. The van der Waals surface area contributed by atoms with E-state index < -0.39 is 28.4 Å². The molecule has 0 aliphatic heterocycles. The highest BCUT2D eigenvalue weighted by atomic mass is 16.2. The number of nitrogens with zero attached hydrogens (tertiary/aromatic N) is 3. The molecule has 2 heterocycles. The summed E-state index contributed by atoms with van der Waals surface area (Å²) in [5, 5.41) is 0.266. The van der Waals surface area contributed by atoms with Crippen LogP contribution in [0.3, 0.4) is 0 Å². The number of fused-ring (bicyclic) bond motifs is 1. The van der Waals surface area contributed by atoms with Crippen molar-refractivity contribution in [3.8, 4) is 0 Å². The van der Waals surface area contributed by atoms with Crippen LogP contribution >= 0.6 is 0 Å². The van der Waals surface area contributed by atoms with Crippen LogP contribution in [0.4, 0.5) is 11.5 Å². The van der Waals surface area contributed by atoms with E-state index in [2.05, 4.69) is 9.97 Å². The van der Waals surface area contributed by atoms with E-state index in [1.54, 1.807) is 6.92 Å². The molecule has 0 radical (unpaired) electrons. The SMILES string of the molecule is CCCCn1c(N)c(N(CCC(C)C)C(=O)c2ccc3c(=O)n(CC)c(=O)[nH]c3c2)c(=O)[nH]c1=O. The molecule has 2 aromatic heterocycles. The average molecular weight is 485 g/mol. The highest BCUT2D eigenvalue weighted by molar-refractivity contribution is 6.08. The Kier molecular flexibility index (Phi) is 7.78. The summed E-state index contributed by atoms with van der Waals surface area (Å²) in [6.45, 7) is 8.32.